The van der Waals surface area contributed by atoms with E-state index in [9.17, 15) is 4.57 Å². The zero-order chi connectivity index (χ0) is 12.2. The van der Waals surface area contributed by atoms with Crippen LogP contribution in [0, 0.1) is 0 Å². The second-order valence-corrected chi connectivity index (χ2v) is 9.29. The molecule has 0 N–H and O–H groups in total. The van der Waals surface area contributed by atoms with Gasteiger partial charge in [0.1, 0.15) is 0 Å². The number of hydrogen-bond donors (Lipinski definition) is 0. The fraction of sp³-hybridized carbons (Fsp3) is 0.333. The quantitative estimate of drug-likeness (QED) is 0.551. The molecule has 1 unspecified atom stereocenters. The van der Waals surface area contributed by atoms with Crippen LogP contribution in [0.25, 0.3) is 6.08 Å². The molecule has 1 atom stereocenters. The van der Waals surface area contributed by atoms with Crippen LogP contribution in [0.15, 0.2) is 23.3 Å². The Labute approximate surface area is 114 Å². The van der Waals surface area contributed by atoms with Gasteiger partial charge in [-0.2, -0.15) is 0 Å². The summed E-state index contributed by atoms with van der Waals surface area (Å²) in [6.45, 7) is 1.92. The molecule has 1 aromatic heterocycles. The molecule has 0 saturated carbocycles. The van der Waals surface area contributed by atoms with Crippen LogP contribution in [-0.2, 0) is 9.09 Å². The SMILES string of the molecule is CCOP(=O)(/C=C/c1cccs1)C(Cl)(Cl)Cl. The summed E-state index contributed by atoms with van der Waals surface area (Å²) in [4.78, 5) is 0.925. The van der Waals surface area contributed by atoms with E-state index in [1.54, 1.807) is 13.0 Å². The third kappa shape index (κ3) is 3.76. The molecule has 0 fully saturated rings. The van der Waals surface area contributed by atoms with Crippen molar-refractivity contribution in [3.63, 3.8) is 0 Å². The highest BCUT2D eigenvalue weighted by Gasteiger charge is 2.43. The summed E-state index contributed by atoms with van der Waals surface area (Å²) in [6.07, 6.45) is 1.64. The average Bonchev–Trinajstić information content (AvgIpc) is 2.66. The summed E-state index contributed by atoms with van der Waals surface area (Å²) in [5.74, 6) is 1.34. The van der Waals surface area contributed by atoms with E-state index in [0.29, 0.717) is 0 Å². The van der Waals surface area contributed by atoms with Gasteiger partial charge in [-0.1, -0.05) is 40.9 Å². The molecular weight excluding hydrogens is 309 g/mol. The predicted octanol–water partition coefficient (Wildman–Crippen LogP) is 5.36. The van der Waals surface area contributed by atoms with Crippen molar-refractivity contribution < 1.29 is 9.09 Å². The van der Waals surface area contributed by atoms with Crippen LogP contribution in [0.1, 0.15) is 11.8 Å². The van der Waals surface area contributed by atoms with Crippen molar-refractivity contribution in [2.45, 2.75) is 10.5 Å². The van der Waals surface area contributed by atoms with Crippen LogP contribution >= 0.6 is 53.5 Å². The first-order valence-electron chi connectivity index (χ1n) is 4.43. The van der Waals surface area contributed by atoms with E-state index in [-0.39, 0.29) is 6.61 Å². The molecule has 0 spiro atoms. The Morgan fingerprint density at radius 3 is 2.69 bits per heavy atom. The second kappa shape index (κ2) is 5.90. The van der Waals surface area contributed by atoms with Crippen LogP contribution in [0.3, 0.4) is 0 Å². The molecule has 0 amide bonds. The molecule has 0 radical (unpaired) electrons. The molecule has 7 heteroatoms. The van der Waals surface area contributed by atoms with Gasteiger partial charge in [-0.25, -0.2) is 0 Å². The lowest BCUT2D eigenvalue weighted by atomic mass is 10.5. The topological polar surface area (TPSA) is 26.3 Å². The Bertz CT molecular complexity index is 397. The van der Waals surface area contributed by atoms with Crippen molar-refractivity contribution in [3.8, 4) is 0 Å². The zero-order valence-electron chi connectivity index (χ0n) is 8.40. The molecule has 0 saturated heterocycles. The van der Waals surface area contributed by atoms with E-state index < -0.39 is 10.9 Å². The van der Waals surface area contributed by atoms with Gasteiger partial charge in [-0.05, 0) is 24.4 Å². The van der Waals surface area contributed by atoms with Crippen molar-refractivity contribution in [1.29, 1.82) is 0 Å². The van der Waals surface area contributed by atoms with E-state index in [2.05, 4.69) is 0 Å². The fourth-order valence-corrected chi connectivity index (χ4v) is 3.76. The van der Waals surface area contributed by atoms with Crippen LogP contribution in [-0.4, -0.2) is 10.1 Å². The highest BCUT2D eigenvalue weighted by molar-refractivity contribution is 7.70. The van der Waals surface area contributed by atoms with E-state index in [1.807, 2.05) is 17.5 Å². The van der Waals surface area contributed by atoms with E-state index >= 15 is 0 Å². The Morgan fingerprint density at radius 2 is 2.25 bits per heavy atom. The molecule has 1 heterocycles. The fourth-order valence-electron chi connectivity index (χ4n) is 0.950. The Morgan fingerprint density at radius 1 is 1.56 bits per heavy atom. The minimum atomic E-state index is -3.42. The first-order chi connectivity index (χ1) is 7.39. The molecule has 90 valence electrons. The zero-order valence-corrected chi connectivity index (χ0v) is 12.4. The molecule has 2 nitrogen and oxygen atoms in total. The van der Waals surface area contributed by atoms with Crippen LogP contribution in [0.2, 0.25) is 0 Å². The molecule has 1 aromatic rings. The van der Waals surface area contributed by atoms with E-state index in [4.69, 9.17) is 39.3 Å². The molecule has 0 bridgehead atoms. The van der Waals surface area contributed by atoms with E-state index in [0.717, 1.165) is 4.88 Å². The summed E-state index contributed by atoms with van der Waals surface area (Å²) in [6, 6.07) is 3.75. The second-order valence-electron chi connectivity index (χ2n) is 2.81. The first kappa shape index (κ1) is 14.6. The van der Waals surface area contributed by atoms with Gasteiger partial charge in [0.15, 0.2) is 0 Å². The van der Waals surface area contributed by atoms with Crippen LogP contribution in [0.5, 0.6) is 0 Å². The summed E-state index contributed by atoms with van der Waals surface area (Å²) in [7, 11) is -3.42. The third-order valence-corrected chi connectivity index (χ3v) is 6.50. The van der Waals surface area contributed by atoms with Gasteiger partial charge in [-0.3, -0.25) is 4.57 Å². The lowest BCUT2D eigenvalue weighted by Crippen LogP contribution is -2.05. The van der Waals surface area contributed by atoms with Crippen molar-refractivity contribution in [2.24, 2.45) is 0 Å². The van der Waals surface area contributed by atoms with Crippen molar-refractivity contribution in [1.82, 2.24) is 0 Å². The van der Waals surface area contributed by atoms with Crippen LogP contribution < -0.4 is 0 Å². The highest BCUT2D eigenvalue weighted by Crippen LogP contribution is 2.67. The number of alkyl halides is 3. The summed E-state index contributed by atoms with van der Waals surface area (Å²) in [5, 5.41) is 1.90. The van der Waals surface area contributed by atoms with Gasteiger partial charge in [-0.15, -0.1) is 11.3 Å². The Balaban J connectivity index is 2.92. The molecule has 0 aliphatic carbocycles. The van der Waals surface area contributed by atoms with Crippen molar-refractivity contribution in [2.75, 3.05) is 6.61 Å². The van der Waals surface area contributed by atoms with Crippen LogP contribution in [0.4, 0.5) is 0 Å². The summed E-state index contributed by atoms with van der Waals surface area (Å²) in [5.41, 5.74) is 0. The monoisotopic (exact) mass is 318 g/mol. The van der Waals surface area contributed by atoms with Crippen molar-refractivity contribution in [3.05, 3.63) is 28.2 Å². The van der Waals surface area contributed by atoms with Gasteiger partial charge in [0.2, 0.25) is 0 Å². The number of hydrogen-bond acceptors (Lipinski definition) is 3. The van der Waals surface area contributed by atoms with Gasteiger partial charge in [0.05, 0.1) is 6.61 Å². The smallest absolute Gasteiger partial charge is 0.275 e. The maximum Gasteiger partial charge on any atom is 0.275 e. The van der Waals surface area contributed by atoms with Gasteiger partial charge >= 0.3 is 0 Å². The standard InChI is InChI=1S/C9H10Cl3O2PS/c1-2-14-15(13,9(10,11)12)6-5-8-4-3-7-16-8/h3-7H,2H2,1H3/b6-5+. The molecule has 0 aliphatic rings. The number of rotatable bonds is 4. The number of halogens is 3. The molecule has 1 rings (SSSR count). The largest absolute Gasteiger partial charge is 0.323 e. The Kier molecular flexibility index (Phi) is 5.37. The molecule has 16 heavy (non-hydrogen) atoms. The van der Waals surface area contributed by atoms with Gasteiger partial charge < -0.3 is 4.52 Å². The van der Waals surface area contributed by atoms with Crippen molar-refractivity contribution >= 4 is 59.6 Å². The summed E-state index contributed by atoms with van der Waals surface area (Å²) < 4.78 is 15.4. The lowest BCUT2D eigenvalue weighted by Gasteiger charge is -2.20. The predicted molar refractivity (Wildman–Crippen MR) is 72.9 cm³/mol. The minimum Gasteiger partial charge on any atom is -0.323 e. The first-order valence-corrected chi connectivity index (χ1v) is 8.13. The number of thiophene rings is 1. The lowest BCUT2D eigenvalue weighted by molar-refractivity contribution is 0.340. The van der Waals surface area contributed by atoms with Gasteiger partial charge in [0.25, 0.3) is 10.9 Å². The maximum atomic E-state index is 12.2. The van der Waals surface area contributed by atoms with E-state index in [1.165, 1.54) is 17.2 Å². The molecule has 0 aromatic carbocycles. The average molecular weight is 320 g/mol. The Hall–Kier alpha value is 0.500. The maximum absolute atomic E-state index is 12.2. The highest BCUT2D eigenvalue weighted by atomic mass is 35.6. The molecule has 0 aliphatic heterocycles. The normalized spacial score (nSPS) is 16.5. The third-order valence-electron chi connectivity index (χ3n) is 1.65. The van der Waals surface area contributed by atoms with Gasteiger partial charge in [0, 0.05) is 10.7 Å². The minimum absolute atomic E-state index is 0.222. The summed E-state index contributed by atoms with van der Waals surface area (Å²) >= 11 is 18.5. The molecular formula is C9H10Cl3O2PS.